The number of amides is 1. The molecule has 110 valence electrons. The molecule has 2 aromatic rings. The van der Waals surface area contributed by atoms with Gasteiger partial charge in [0.25, 0.3) is 5.91 Å². The zero-order chi connectivity index (χ0) is 15.4. The number of hydrogen-bond acceptors (Lipinski definition) is 7. The Labute approximate surface area is 123 Å². The summed E-state index contributed by atoms with van der Waals surface area (Å²) in [6.07, 6.45) is 0. The summed E-state index contributed by atoms with van der Waals surface area (Å²) in [5, 5.41) is 22.1. The first-order valence-corrected chi connectivity index (χ1v) is 6.85. The largest absolute Gasteiger partial charge is 0.487 e. The molecule has 0 fully saturated rings. The van der Waals surface area contributed by atoms with E-state index in [0.29, 0.717) is 16.7 Å². The topological polar surface area (TPSA) is 107 Å². The molecular formula is C12H12N4O4S. The molecule has 0 atom stereocenters. The van der Waals surface area contributed by atoms with Gasteiger partial charge in [-0.25, -0.2) is 0 Å². The molecule has 1 amide bonds. The Morgan fingerprint density at radius 3 is 2.81 bits per heavy atom. The van der Waals surface area contributed by atoms with Gasteiger partial charge in [0.05, 0.1) is 11.5 Å². The Balaban J connectivity index is 2.25. The number of anilines is 1. The minimum Gasteiger partial charge on any atom is -0.487 e. The van der Waals surface area contributed by atoms with Crippen molar-refractivity contribution in [2.24, 2.45) is 0 Å². The Morgan fingerprint density at radius 2 is 2.24 bits per heavy atom. The minimum atomic E-state index is -0.586. The van der Waals surface area contributed by atoms with Crippen molar-refractivity contribution in [3.63, 3.8) is 0 Å². The number of nitrogens with zero attached hydrogens (tertiary/aromatic N) is 3. The third-order valence-corrected chi connectivity index (χ3v) is 3.22. The lowest BCUT2D eigenvalue weighted by atomic mass is 10.2. The number of ether oxygens (including phenoxy) is 1. The maximum absolute atomic E-state index is 12.0. The maximum Gasteiger partial charge on any atom is 0.311 e. The van der Waals surface area contributed by atoms with Crippen LogP contribution >= 0.6 is 11.3 Å². The van der Waals surface area contributed by atoms with Crippen LogP contribution in [0, 0.1) is 17.0 Å². The molecule has 0 saturated carbocycles. The maximum atomic E-state index is 12.0. The zero-order valence-corrected chi connectivity index (χ0v) is 12.1. The van der Waals surface area contributed by atoms with Crippen molar-refractivity contribution in [3.8, 4) is 5.75 Å². The smallest absolute Gasteiger partial charge is 0.311 e. The van der Waals surface area contributed by atoms with Crippen molar-refractivity contribution in [1.29, 1.82) is 0 Å². The fourth-order valence-corrected chi connectivity index (χ4v) is 2.18. The van der Waals surface area contributed by atoms with E-state index >= 15 is 0 Å². The predicted octanol–water partition coefficient (Wildman–Crippen LogP) is 2.41. The van der Waals surface area contributed by atoms with Gasteiger partial charge in [0, 0.05) is 11.6 Å². The highest BCUT2D eigenvalue weighted by atomic mass is 32.1. The van der Waals surface area contributed by atoms with Gasteiger partial charge in [0.2, 0.25) is 5.13 Å². The van der Waals surface area contributed by atoms with Gasteiger partial charge in [0.1, 0.15) is 5.01 Å². The van der Waals surface area contributed by atoms with Crippen LogP contribution in [0.3, 0.4) is 0 Å². The van der Waals surface area contributed by atoms with Crippen LogP contribution in [0.15, 0.2) is 18.2 Å². The van der Waals surface area contributed by atoms with Gasteiger partial charge < -0.3 is 4.74 Å². The number of nitrogens with one attached hydrogen (secondary N) is 1. The van der Waals surface area contributed by atoms with Crippen LogP contribution in [0.4, 0.5) is 10.8 Å². The molecule has 0 radical (unpaired) electrons. The van der Waals surface area contributed by atoms with Gasteiger partial charge in [-0.15, -0.1) is 10.2 Å². The van der Waals surface area contributed by atoms with E-state index in [0.717, 1.165) is 0 Å². The van der Waals surface area contributed by atoms with Crippen molar-refractivity contribution in [3.05, 3.63) is 38.9 Å². The van der Waals surface area contributed by atoms with Crippen LogP contribution in [0.5, 0.6) is 5.75 Å². The summed E-state index contributed by atoms with van der Waals surface area (Å²) >= 11 is 1.22. The van der Waals surface area contributed by atoms with Crippen LogP contribution in [-0.2, 0) is 0 Å². The average molecular weight is 308 g/mol. The number of aryl methyl sites for hydroxylation is 1. The van der Waals surface area contributed by atoms with Crippen molar-refractivity contribution in [1.82, 2.24) is 10.2 Å². The second-order valence-electron chi connectivity index (χ2n) is 3.95. The lowest BCUT2D eigenvalue weighted by Gasteiger charge is -2.06. The van der Waals surface area contributed by atoms with Gasteiger partial charge in [-0.05, 0) is 26.0 Å². The second-order valence-corrected chi connectivity index (χ2v) is 5.13. The SMILES string of the molecule is CCOc1ccc(C(=O)Nc2nnc(C)s2)cc1[N+](=O)[O-]. The lowest BCUT2D eigenvalue weighted by Crippen LogP contribution is -2.12. The third-order valence-electron chi connectivity index (χ3n) is 2.46. The van der Waals surface area contributed by atoms with E-state index in [1.807, 2.05) is 0 Å². The second kappa shape index (κ2) is 6.27. The number of aromatic nitrogens is 2. The molecule has 9 heteroatoms. The van der Waals surface area contributed by atoms with Crippen LogP contribution in [0.25, 0.3) is 0 Å². The fraction of sp³-hybridized carbons (Fsp3) is 0.250. The van der Waals surface area contributed by atoms with Crippen molar-refractivity contribution < 1.29 is 14.5 Å². The minimum absolute atomic E-state index is 0.130. The van der Waals surface area contributed by atoms with E-state index in [1.54, 1.807) is 13.8 Å². The summed E-state index contributed by atoms with van der Waals surface area (Å²) < 4.78 is 5.16. The number of carbonyl (C=O) groups excluding carboxylic acids is 1. The number of rotatable bonds is 5. The van der Waals surface area contributed by atoms with Gasteiger partial charge in [-0.1, -0.05) is 11.3 Å². The van der Waals surface area contributed by atoms with Crippen LogP contribution in [0.1, 0.15) is 22.3 Å². The van der Waals surface area contributed by atoms with E-state index in [9.17, 15) is 14.9 Å². The first-order valence-electron chi connectivity index (χ1n) is 6.04. The summed E-state index contributed by atoms with van der Waals surface area (Å²) in [6, 6.07) is 4.04. The molecule has 0 aliphatic rings. The highest BCUT2D eigenvalue weighted by Crippen LogP contribution is 2.28. The average Bonchev–Trinajstić information content (AvgIpc) is 2.84. The monoisotopic (exact) mass is 308 g/mol. The lowest BCUT2D eigenvalue weighted by molar-refractivity contribution is -0.385. The molecular weight excluding hydrogens is 296 g/mol. The number of carbonyl (C=O) groups is 1. The summed E-state index contributed by atoms with van der Waals surface area (Å²) in [6.45, 7) is 3.79. The Bertz CT molecular complexity index is 686. The van der Waals surface area contributed by atoms with Crippen molar-refractivity contribution in [2.75, 3.05) is 11.9 Å². The van der Waals surface area contributed by atoms with E-state index in [-0.39, 0.29) is 17.0 Å². The summed E-state index contributed by atoms with van der Waals surface area (Å²) in [5.41, 5.74) is -0.101. The molecule has 0 aliphatic carbocycles. The number of nitro groups is 1. The van der Waals surface area contributed by atoms with E-state index in [2.05, 4.69) is 15.5 Å². The predicted molar refractivity (Wildman–Crippen MR) is 76.9 cm³/mol. The molecule has 0 bridgehead atoms. The molecule has 0 saturated heterocycles. The highest BCUT2D eigenvalue weighted by molar-refractivity contribution is 7.15. The normalized spacial score (nSPS) is 10.2. The summed E-state index contributed by atoms with van der Waals surface area (Å²) in [4.78, 5) is 22.5. The molecule has 21 heavy (non-hydrogen) atoms. The van der Waals surface area contributed by atoms with Crippen molar-refractivity contribution in [2.45, 2.75) is 13.8 Å². The first-order chi connectivity index (χ1) is 10.0. The summed E-state index contributed by atoms with van der Waals surface area (Å²) in [7, 11) is 0. The van der Waals surface area contributed by atoms with Crippen LogP contribution < -0.4 is 10.1 Å². The van der Waals surface area contributed by atoms with Crippen LogP contribution in [-0.4, -0.2) is 27.6 Å². The molecule has 1 aromatic heterocycles. The molecule has 8 nitrogen and oxygen atoms in total. The van der Waals surface area contributed by atoms with Gasteiger partial charge in [0.15, 0.2) is 5.75 Å². The number of benzene rings is 1. The molecule has 0 aliphatic heterocycles. The van der Waals surface area contributed by atoms with Gasteiger partial charge >= 0.3 is 5.69 Å². The summed E-state index contributed by atoms with van der Waals surface area (Å²) in [5.74, 6) is -0.358. The molecule has 0 spiro atoms. The molecule has 1 heterocycles. The first kappa shape index (κ1) is 14.9. The molecule has 0 unspecified atom stereocenters. The standard InChI is InChI=1S/C12H12N4O4S/c1-3-20-10-5-4-8(6-9(10)16(18)19)11(17)13-12-15-14-7(2)21-12/h4-6H,3H2,1-2H3,(H,13,15,17). The van der Waals surface area contributed by atoms with E-state index in [1.165, 1.54) is 29.5 Å². The van der Waals surface area contributed by atoms with Crippen LogP contribution in [0.2, 0.25) is 0 Å². The molecule has 1 N–H and O–H groups in total. The van der Waals surface area contributed by atoms with Gasteiger partial charge in [-0.2, -0.15) is 0 Å². The molecule has 1 aromatic carbocycles. The Hall–Kier alpha value is -2.55. The highest BCUT2D eigenvalue weighted by Gasteiger charge is 2.19. The third kappa shape index (κ3) is 3.51. The number of hydrogen-bond donors (Lipinski definition) is 1. The zero-order valence-electron chi connectivity index (χ0n) is 11.3. The van der Waals surface area contributed by atoms with Crippen molar-refractivity contribution >= 4 is 28.1 Å². The van der Waals surface area contributed by atoms with E-state index < -0.39 is 10.8 Å². The Kier molecular flexibility index (Phi) is 4.43. The Morgan fingerprint density at radius 1 is 1.48 bits per heavy atom. The number of nitro benzene ring substituents is 1. The molecule has 2 rings (SSSR count). The quantitative estimate of drug-likeness (QED) is 0.671. The fourth-order valence-electron chi connectivity index (χ4n) is 1.60. The van der Waals surface area contributed by atoms with E-state index in [4.69, 9.17) is 4.74 Å². The van der Waals surface area contributed by atoms with Gasteiger partial charge in [-0.3, -0.25) is 20.2 Å².